The Morgan fingerprint density at radius 2 is 2.29 bits per heavy atom. The molecule has 4 nitrogen and oxygen atoms in total. The molecule has 0 fully saturated rings. The number of nitrogens with zero attached hydrogens (tertiary/aromatic N) is 1. The lowest BCUT2D eigenvalue weighted by atomic mass is 10.1. The summed E-state index contributed by atoms with van der Waals surface area (Å²) in [6.45, 7) is 0. The number of carbonyl (C=O) groups is 1. The molecule has 0 aliphatic rings. The quantitative estimate of drug-likeness (QED) is 0.380. The van der Waals surface area contributed by atoms with Crippen molar-refractivity contribution in [2.24, 2.45) is 5.73 Å². The molecule has 0 radical (unpaired) electrons. The molecule has 0 bridgehead atoms. The molecule has 2 N–H and O–H groups in total. The normalized spacial score (nSPS) is 10.5. The molecule has 0 spiro atoms. The Balaban J connectivity index is 3.13. The fraction of sp³-hybridized carbons (Fsp3) is 0.0833. The minimum absolute atomic E-state index is 0.0240. The second-order valence-electron chi connectivity index (χ2n) is 3.15. The van der Waals surface area contributed by atoms with Crippen molar-refractivity contribution >= 4 is 29.3 Å². The Kier molecular flexibility index (Phi) is 4.37. The van der Waals surface area contributed by atoms with E-state index in [1.54, 1.807) is 24.3 Å². The topological polar surface area (TPSA) is 76.1 Å². The van der Waals surface area contributed by atoms with Crippen LogP contribution in [0.25, 0.3) is 6.08 Å². The minimum Gasteiger partial charge on any atom is -0.465 e. The molecule has 86 valence electrons. The number of hydrogen-bond donors (Lipinski definition) is 1. The first kappa shape index (κ1) is 12.9. The van der Waals surface area contributed by atoms with Gasteiger partial charge in [0.15, 0.2) is 0 Å². The summed E-state index contributed by atoms with van der Waals surface area (Å²) in [5, 5.41) is 8.80. The van der Waals surface area contributed by atoms with E-state index in [0.29, 0.717) is 11.1 Å². The second-order valence-corrected chi connectivity index (χ2v) is 3.59. The highest BCUT2D eigenvalue weighted by Gasteiger charge is 2.05. The van der Waals surface area contributed by atoms with E-state index in [-0.39, 0.29) is 10.6 Å². The van der Waals surface area contributed by atoms with Crippen molar-refractivity contribution in [3.63, 3.8) is 0 Å². The van der Waals surface area contributed by atoms with Crippen molar-refractivity contribution in [3.8, 4) is 6.07 Å². The first-order chi connectivity index (χ1) is 8.08. The maximum Gasteiger partial charge on any atom is 0.337 e. The van der Waals surface area contributed by atoms with Crippen LogP contribution in [0, 0.1) is 11.3 Å². The summed E-state index contributed by atoms with van der Waals surface area (Å²) in [4.78, 5) is 11.3. The number of rotatable bonds is 3. The number of nitrogens with two attached hydrogens (primary N) is 1. The second kappa shape index (κ2) is 5.77. The van der Waals surface area contributed by atoms with Gasteiger partial charge in [-0.25, -0.2) is 4.79 Å². The molecule has 0 saturated carbocycles. The van der Waals surface area contributed by atoms with Crippen LogP contribution in [0.1, 0.15) is 15.9 Å². The third-order valence-electron chi connectivity index (χ3n) is 2.00. The monoisotopic (exact) mass is 246 g/mol. The highest BCUT2D eigenvalue weighted by Crippen LogP contribution is 2.10. The number of ether oxygens (including phenoxy) is 1. The highest BCUT2D eigenvalue weighted by molar-refractivity contribution is 7.80. The number of esters is 1. The fourth-order valence-electron chi connectivity index (χ4n) is 1.20. The third kappa shape index (κ3) is 3.40. The smallest absolute Gasteiger partial charge is 0.337 e. The van der Waals surface area contributed by atoms with Crippen LogP contribution in [-0.2, 0) is 4.74 Å². The van der Waals surface area contributed by atoms with Gasteiger partial charge in [-0.2, -0.15) is 5.26 Å². The summed E-state index contributed by atoms with van der Waals surface area (Å²) in [7, 11) is 1.31. The predicted octanol–water partition coefficient (Wildman–Crippen LogP) is 1.67. The Labute approximate surface area is 104 Å². The summed E-state index contributed by atoms with van der Waals surface area (Å²) >= 11 is 4.72. The molecule has 0 unspecified atom stereocenters. The van der Waals surface area contributed by atoms with Gasteiger partial charge < -0.3 is 10.5 Å². The van der Waals surface area contributed by atoms with Crippen molar-refractivity contribution < 1.29 is 9.53 Å². The molecule has 0 heterocycles. The van der Waals surface area contributed by atoms with Crippen LogP contribution in [0.15, 0.2) is 29.8 Å². The van der Waals surface area contributed by atoms with Gasteiger partial charge in [-0.3, -0.25) is 0 Å². The molecule has 0 amide bonds. The van der Waals surface area contributed by atoms with E-state index in [0.717, 1.165) is 0 Å². The Morgan fingerprint density at radius 1 is 1.59 bits per heavy atom. The highest BCUT2D eigenvalue weighted by atomic mass is 32.1. The van der Waals surface area contributed by atoms with Crippen LogP contribution >= 0.6 is 12.2 Å². The summed E-state index contributed by atoms with van der Waals surface area (Å²) in [6.07, 6.45) is 1.52. The van der Waals surface area contributed by atoms with Crippen molar-refractivity contribution in [2.75, 3.05) is 7.11 Å². The van der Waals surface area contributed by atoms with E-state index >= 15 is 0 Å². The molecule has 1 rings (SSSR count). The fourth-order valence-corrected chi connectivity index (χ4v) is 1.30. The van der Waals surface area contributed by atoms with Crippen LogP contribution in [0.4, 0.5) is 0 Å². The number of hydrogen-bond acceptors (Lipinski definition) is 4. The number of benzene rings is 1. The van der Waals surface area contributed by atoms with Gasteiger partial charge in [0, 0.05) is 0 Å². The Hall–Kier alpha value is -2.19. The molecular weight excluding hydrogens is 236 g/mol. The molecule has 5 heteroatoms. The largest absolute Gasteiger partial charge is 0.465 e. The summed E-state index contributed by atoms with van der Waals surface area (Å²) in [6, 6.07) is 8.54. The van der Waals surface area contributed by atoms with E-state index in [9.17, 15) is 4.79 Å². The first-order valence-corrected chi connectivity index (χ1v) is 5.09. The van der Waals surface area contributed by atoms with Gasteiger partial charge in [-0.15, -0.1) is 0 Å². The van der Waals surface area contributed by atoms with E-state index in [2.05, 4.69) is 4.74 Å². The van der Waals surface area contributed by atoms with Crippen molar-refractivity contribution in [1.29, 1.82) is 5.26 Å². The van der Waals surface area contributed by atoms with Crippen LogP contribution in [-0.4, -0.2) is 18.1 Å². The summed E-state index contributed by atoms with van der Waals surface area (Å²) in [5.41, 5.74) is 6.63. The Morgan fingerprint density at radius 3 is 2.82 bits per heavy atom. The molecule has 0 aliphatic carbocycles. The van der Waals surface area contributed by atoms with E-state index in [1.165, 1.54) is 13.2 Å². The lowest BCUT2D eigenvalue weighted by Crippen LogP contribution is -2.09. The van der Waals surface area contributed by atoms with Crippen molar-refractivity contribution in [3.05, 3.63) is 41.0 Å². The SMILES string of the molecule is COC(=O)c1cccc(/C=C(\C#N)C(N)=S)c1. The summed E-state index contributed by atoms with van der Waals surface area (Å²) < 4.78 is 4.59. The summed E-state index contributed by atoms with van der Waals surface area (Å²) in [5.74, 6) is -0.436. The van der Waals surface area contributed by atoms with Crippen LogP contribution < -0.4 is 5.73 Å². The molecular formula is C12H10N2O2S. The molecule has 1 aromatic carbocycles. The third-order valence-corrected chi connectivity index (χ3v) is 2.22. The predicted molar refractivity (Wildman–Crippen MR) is 68.2 cm³/mol. The lowest BCUT2D eigenvalue weighted by Gasteiger charge is -2.01. The number of nitriles is 1. The van der Waals surface area contributed by atoms with E-state index < -0.39 is 5.97 Å². The average molecular weight is 246 g/mol. The Bertz CT molecular complexity index is 530. The number of thiocarbonyl (C=S) groups is 1. The number of methoxy groups -OCH3 is 1. The van der Waals surface area contributed by atoms with Gasteiger partial charge in [0.05, 0.1) is 18.2 Å². The van der Waals surface area contributed by atoms with Crippen LogP contribution in [0.2, 0.25) is 0 Å². The molecule has 0 saturated heterocycles. The van der Waals surface area contributed by atoms with Gasteiger partial charge in [0.1, 0.15) is 11.1 Å². The molecule has 0 aromatic heterocycles. The van der Waals surface area contributed by atoms with Gasteiger partial charge in [-0.1, -0.05) is 24.4 Å². The van der Waals surface area contributed by atoms with Crippen LogP contribution in [0.5, 0.6) is 0 Å². The standard InChI is InChI=1S/C12H10N2O2S/c1-16-12(15)9-4-2-3-8(5-9)6-10(7-13)11(14)17/h2-6H,1H3,(H2,14,17)/b10-6+. The number of carbonyl (C=O) groups excluding carboxylic acids is 1. The van der Waals surface area contributed by atoms with Gasteiger partial charge in [-0.05, 0) is 23.8 Å². The van der Waals surface area contributed by atoms with Gasteiger partial charge in [0.25, 0.3) is 0 Å². The zero-order chi connectivity index (χ0) is 12.8. The van der Waals surface area contributed by atoms with Crippen molar-refractivity contribution in [1.82, 2.24) is 0 Å². The average Bonchev–Trinajstić information content (AvgIpc) is 2.34. The van der Waals surface area contributed by atoms with E-state index in [1.807, 2.05) is 6.07 Å². The van der Waals surface area contributed by atoms with Crippen LogP contribution in [0.3, 0.4) is 0 Å². The molecule has 17 heavy (non-hydrogen) atoms. The minimum atomic E-state index is -0.436. The molecule has 0 atom stereocenters. The van der Waals surface area contributed by atoms with Gasteiger partial charge >= 0.3 is 5.97 Å². The first-order valence-electron chi connectivity index (χ1n) is 4.68. The van der Waals surface area contributed by atoms with E-state index in [4.69, 9.17) is 23.2 Å². The maximum atomic E-state index is 11.3. The van der Waals surface area contributed by atoms with Gasteiger partial charge in [0.2, 0.25) is 0 Å². The zero-order valence-corrected chi connectivity index (χ0v) is 9.95. The molecule has 0 aliphatic heterocycles. The van der Waals surface area contributed by atoms with Crippen molar-refractivity contribution in [2.45, 2.75) is 0 Å². The molecule has 1 aromatic rings. The zero-order valence-electron chi connectivity index (χ0n) is 9.14. The lowest BCUT2D eigenvalue weighted by molar-refractivity contribution is 0.0600. The maximum absolute atomic E-state index is 11.3.